The third-order valence-corrected chi connectivity index (χ3v) is 3.92. The van der Waals surface area contributed by atoms with E-state index in [0.717, 1.165) is 0 Å². The van der Waals surface area contributed by atoms with Crippen molar-refractivity contribution < 1.29 is 4.79 Å². The lowest BCUT2D eigenvalue weighted by molar-refractivity contribution is 0.101. The Balaban J connectivity index is 2.09. The number of carbonyl (C=O) groups excluding carboxylic acids is 1. The molecule has 0 saturated carbocycles. The average molecular weight is 348 g/mol. The number of rotatable bonds is 2. The normalized spacial score (nSPS) is 10.7. The SMILES string of the molecule is Cn1nc(C(=O)Nc2ccccc2Cl)c(=O)c2cc(Cl)ccc21. The number of nitrogens with zero attached hydrogens (tertiary/aromatic N) is 2. The summed E-state index contributed by atoms with van der Waals surface area (Å²) < 4.78 is 1.47. The largest absolute Gasteiger partial charge is 0.319 e. The number of benzene rings is 2. The van der Waals surface area contributed by atoms with Crippen molar-refractivity contribution in [1.82, 2.24) is 9.78 Å². The third kappa shape index (κ3) is 2.93. The van der Waals surface area contributed by atoms with Crippen LogP contribution in [-0.2, 0) is 7.05 Å². The molecule has 3 rings (SSSR count). The minimum Gasteiger partial charge on any atom is -0.319 e. The van der Waals surface area contributed by atoms with Crippen LogP contribution in [0.25, 0.3) is 10.9 Å². The maximum absolute atomic E-state index is 12.5. The van der Waals surface area contributed by atoms with E-state index in [4.69, 9.17) is 23.2 Å². The van der Waals surface area contributed by atoms with Crippen molar-refractivity contribution in [2.45, 2.75) is 0 Å². The summed E-state index contributed by atoms with van der Waals surface area (Å²) in [5.74, 6) is -0.624. The zero-order chi connectivity index (χ0) is 16.6. The fourth-order valence-electron chi connectivity index (χ4n) is 2.24. The van der Waals surface area contributed by atoms with Gasteiger partial charge in [0, 0.05) is 12.1 Å². The van der Waals surface area contributed by atoms with Crippen LogP contribution in [0.3, 0.4) is 0 Å². The van der Waals surface area contributed by atoms with Gasteiger partial charge in [-0.3, -0.25) is 14.3 Å². The van der Waals surface area contributed by atoms with E-state index in [-0.39, 0.29) is 5.69 Å². The number of anilines is 1. The first-order valence-corrected chi connectivity index (χ1v) is 7.45. The zero-order valence-corrected chi connectivity index (χ0v) is 13.5. The Kier molecular flexibility index (Phi) is 4.07. The molecular formula is C16H11Cl2N3O2. The van der Waals surface area contributed by atoms with E-state index in [1.54, 1.807) is 43.4 Å². The minimum absolute atomic E-state index is 0.220. The highest BCUT2D eigenvalue weighted by molar-refractivity contribution is 6.34. The number of amides is 1. The smallest absolute Gasteiger partial charge is 0.280 e. The Morgan fingerprint density at radius 3 is 2.65 bits per heavy atom. The quantitative estimate of drug-likeness (QED) is 0.771. The predicted octanol–water partition coefficient (Wildman–Crippen LogP) is 3.49. The van der Waals surface area contributed by atoms with Crippen molar-refractivity contribution in [2.24, 2.45) is 7.05 Å². The van der Waals surface area contributed by atoms with Gasteiger partial charge in [-0.1, -0.05) is 35.3 Å². The molecule has 0 saturated heterocycles. The second kappa shape index (κ2) is 6.02. The van der Waals surface area contributed by atoms with Crippen LogP contribution in [0, 0.1) is 0 Å². The molecule has 116 valence electrons. The van der Waals surface area contributed by atoms with Crippen molar-refractivity contribution >= 4 is 45.7 Å². The summed E-state index contributed by atoms with van der Waals surface area (Å²) in [5, 5.41) is 7.78. The number of para-hydroxylation sites is 1. The van der Waals surface area contributed by atoms with Gasteiger partial charge in [-0.05, 0) is 30.3 Å². The number of carbonyl (C=O) groups is 1. The van der Waals surface area contributed by atoms with Crippen LogP contribution < -0.4 is 10.7 Å². The summed E-state index contributed by atoms with van der Waals surface area (Å²) in [7, 11) is 1.65. The highest BCUT2D eigenvalue weighted by Gasteiger charge is 2.17. The van der Waals surface area contributed by atoms with Gasteiger partial charge in [-0.2, -0.15) is 5.10 Å². The Morgan fingerprint density at radius 1 is 1.17 bits per heavy atom. The van der Waals surface area contributed by atoms with Crippen LogP contribution in [0.2, 0.25) is 10.0 Å². The molecule has 7 heteroatoms. The fourth-order valence-corrected chi connectivity index (χ4v) is 2.60. The highest BCUT2D eigenvalue weighted by Crippen LogP contribution is 2.21. The van der Waals surface area contributed by atoms with Gasteiger partial charge in [0.05, 0.1) is 21.6 Å². The van der Waals surface area contributed by atoms with Crippen molar-refractivity contribution in [3.05, 3.63) is 68.4 Å². The Bertz CT molecular complexity index is 983. The van der Waals surface area contributed by atoms with Crippen molar-refractivity contribution in [3.63, 3.8) is 0 Å². The summed E-state index contributed by atoms with van der Waals surface area (Å²) >= 11 is 11.9. The predicted molar refractivity (Wildman–Crippen MR) is 91.4 cm³/mol. The molecular weight excluding hydrogens is 337 g/mol. The molecule has 0 spiro atoms. The maximum Gasteiger partial charge on any atom is 0.280 e. The minimum atomic E-state index is -0.624. The van der Waals surface area contributed by atoms with Crippen molar-refractivity contribution in [1.29, 1.82) is 0 Å². The molecule has 0 bridgehead atoms. The van der Waals surface area contributed by atoms with Gasteiger partial charge < -0.3 is 5.32 Å². The van der Waals surface area contributed by atoms with E-state index >= 15 is 0 Å². The van der Waals surface area contributed by atoms with Gasteiger partial charge in [-0.25, -0.2) is 0 Å². The van der Waals surface area contributed by atoms with Crippen molar-refractivity contribution in [3.8, 4) is 0 Å². The van der Waals surface area contributed by atoms with E-state index in [0.29, 0.717) is 26.6 Å². The molecule has 0 fully saturated rings. The number of halogens is 2. The van der Waals surface area contributed by atoms with Gasteiger partial charge in [0.1, 0.15) is 0 Å². The molecule has 1 N–H and O–H groups in total. The lowest BCUT2D eigenvalue weighted by atomic mass is 10.2. The van der Waals surface area contributed by atoms with E-state index in [2.05, 4.69) is 10.4 Å². The first kappa shape index (κ1) is 15.5. The molecule has 2 aromatic carbocycles. The Morgan fingerprint density at radius 2 is 1.91 bits per heavy atom. The zero-order valence-electron chi connectivity index (χ0n) is 12.0. The van der Waals surface area contributed by atoms with Crippen LogP contribution in [0.1, 0.15) is 10.5 Å². The molecule has 0 atom stereocenters. The molecule has 5 nitrogen and oxygen atoms in total. The third-order valence-electron chi connectivity index (χ3n) is 3.35. The molecule has 0 aliphatic carbocycles. The van der Waals surface area contributed by atoms with Gasteiger partial charge in [0.15, 0.2) is 5.69 Å². The van der Waals surface area contributed by atoms with Crippen molar-refractivity contribution in [2.75, 3.05) is 5.32 Å². The van der Waals surface area contributed by atoms with E-state index in [1.807, 2.05) is 0 Å². The molecule has 23 heavy (non-hydrogen) atoms. The number of nitrogens with one attached hydrogen (secondary N) is 1. The summed E-state index contributed by atoms with van der Waals surface area (Å²) in [4.78, 5) is 24.9. The maximum atomic E-state index is 12.5. The first-order chi connectivity index (χ1) is 11.0. The molecule has 0 radical (unpaired) electrons. The molecule has 1 heterocycles. The monoisotopic (exact) mass is 347 g/mol. The van der Waals surface area contributed by atoms with Crippen LogP contribution in [0.15, 0.2) is 47.3 Å². The molecule has 1 amide bonds. The lowest BCUT2D eigenvalue weighted by Crippen LogP contribution is -2.26. The summed E-state index contributed by atoms with van der Waals surface area (Å²) in [6.45, 7) is 0. The van der Waals surface area contributed by atoms with Gasteiger partial charge in [-0.15, -0.1) is 0 Å². The average Bonchev–Trinajstić information content (AvgIpc) is 2.53. The van der Waals surface area contributed by atoms with Gasteiger partial charge in [0.2, 0.25) is 5.43 Å². The second-order valence-electron chi connectivity index (χ2n) is 4.90. The molecule has 0 unspecified atom stereocenters. The summed E-state index contributed by atoms with van der Waals surface area (Å²) in [6, 6.07) is 11.6. The first-order valence-electron chi connectivity index (χ1n) is 6.70. The number of hydrogen-bond acceptors (Lipinski definition) is 3. The molecule has 3 aromatic rings. The van der Waals surface area contributed by atoms with Crippen LogP contribution in [0.4, 0.5) is 5.69 Å². The van der Waals surface area contributed by atoms with E-state index in [1.165, 1.54) is 10.7 Å². The van der Waals surface area contributed by atoms with Crippen LogP contribution in [0.5, 0.6) is 0 Å². The number of fused-ring (bicyclic) bond motifs is 1. The van der Waals surface area contributed by atoms with E-state index in [9.17, 15) is 9.59 Å². The number of hydrogen-bond donors (Lipinski definition) is 1. The Hall–Kier alpha value is -2.37. The molecule has 1 aromatic heterocycles. The topological polar surface area (TPSA) is 64.0 Å². The fraction of sp³-hybridized carbons (Fsp3) is 0.0625. The van der Waals surface area contributed by atoms with Crippen LogP contribution in [-0.4, -0.2) is 15.7 Å². The highest BCUT2D eigenvalue weighted by atomic mass is 35.5. The standard InChI is InChI=1S/C16H11Cl2N3O2/c1-21-13-7-6-9(17)8-10(13)15(22)14(20-21)16(23)19-12-5-3-2-4-11(12)18/h2-8H,1H3,(H,19,23). The van der Waals surface area contributed by atoms with Crippen LogP contribution >= 0.6 is 23.2 Å². The molecule has 0 aliphatic heterocycles. The lowest BCUT2D eigenvalue weighted by Gasteiger charge is -2.09. The Labute approximate surface area is 141 Å². The number of aromatic nitrogens is 2. The molecule has 0 aliphatic rings. The second-order valence-corrected chi connectivity index (χ2v) is 5.74. The summed E-state index contributed by atoms with van der Waals surface area (Å²) in [6.07, 6.45) is 0. The summed E-state index contributed by atoms with van der Waals surface area (Å²) in [5.41, 5.74) is 0.301. The number of aryl methyl sites for hydroxylation is 1. The van der Waals surface area contributed by atoms with Gasteiger partial charge in [0.25, 0.3) is 5.91 Å². The van der Waals surface area contributed by atoms with E-state index < -0.39 is 11.3 Å². The van der Waals surface area contributed by atoms with Gasteiger partial charge >= 0.3 is 0 Å².